The average Bonchev–Trinajstić information content (AvgIpc) is 3.38. The molecule has 6 nitrogen and oxygen atoms in total. The number of aromatic nitrogens is 1. The standard InChI is InChI=1S/C27H19ClN2O4S/c1-13-10-14(2)22-20(11-13)35-27(29-22)30-23(16-6-4-5-7-18(16)33-3)21-24(31)17-12-15(28)8-9-19(17)34-25(21)26(30)32/h4-12,23H,1-3H3/t23-/m1/s1. The SMILES string of the molecule is COc1ccccc1[C@@H]1c2c(oc3ccc(Cl)cc3c2=O)C(=O)N1c1nc2c(C)cc(C)cc2s1. The molecule has 35 heavy (non-hydrogen) atoms. The first-order valence-electron chi connectivity index (χ1n) is 11.0. The number of nitrogens with zero attached hydrogens (tertiary/aromatic N) is 2. The lowest BCUT2D eigenvalue weighted by Gasteiger charge is -2.24. The number of halogens is 1. The Morgan fingerprint density at radius 3 is 2.69 bits per heavy atom. The Morgan fingerprint density at radius 2 is 1.89 bits per heavy atom. The topological polar surface area (TPSA) is 72.6 Å². The fourth-order valence-corrected chi connectivity index (χ4v) is 6.13. The molecule has 0 fully saturated rings. The lowest BCUT2D eigenvalue weighted by molar-refractivity contribution is 0.0971. The Morgan fingerprint density at radius 1 is 1.09 bits per heavy atom. The van der Waals surface area contributed by atoms with E-state index in [1.54, 1.807) is 36.3 Å². The van der Waals surface area contributed by atoms with Crippen molar-refractivity contribution < 1.29 is 13.9 Å². The molecule has 8 heteroatoms. The van der Waals surface area contributed by atoms with Crippen LogP contribution in [0.1, 0.15) is 38.9 Å². The van der Waals surface area contributed by atoms with Crippen LogP contribution in [-0.2, 0) is 0 Å². The van der Waals surface area contributed by atoms with Crippen LogP contribution in [0.3, 0.4) is 0 Å². The Labute approximate surface area is 209 Å². The molecule has 2 aromatic heterocycles. The van der Waals surface area contributed by atoms with Crippen LogP contribution in [-0.4, -0.2) is 18.0 Å². The number of aryl methyl sites for hydroxylation is 2. The Bertz CT molecular complexity index is 1740. The van der Waals surface area contributed by atoms with Gasteiger partial charge in [-0.15, -0.1) is 0 Å². The fraction of sp³-hybridized carbons (Fsp3) is 0.148. The van der Waals surface area contributed by atoms with Gasteiger partial charge in [-0.3, -0.25) is 14.5 Å². The molecule has 6 rings (SSSR count). The van der Waals surface area contributed by atoms with Gasteiger partial charge in [0.15, 0.2) is 10.6 Å². The Balaban J connectivity index is 1.67. The van der Waals surface area contributed by atoms with Gasteiger partial charge in [0, 0.05) is 10.6 Å². The zero-order chi connectivity index (χ0) is 24.4. The monoisotopic (exact) mass is 502 g/mol. The van der Waals surface area contributed by atoms with Crippen molar-refractivity contribution in [3.63, 3.8) is 0 Å². The molecule has 0 N–H and O–H groups in total. The third-order valence-electron chi connectivity index (χ3n) is 6.29. The summed E-state index contributed by atoms with van der Waals surface area (Å²) < 4.78 is 12.6. The van der Waals surface area contributed by atoms with Crippen LogP contribution in [0.2, 0.25) is 5.02 Å². The highest BCUT2D eigenvalue weighted by atomic mass is 35.5. The predicted octanol–water partition coefficient (Wildman–Crippen LogP) is 6.43. The minimum atomic E-state index is -0.768. The van der Waals surface area contributed by atoms with Gasteiger partial charge in [0.05, 0.1) is 28.3 Å². The third kappa shape index (κ3) is 3.26. The number of amides is 1. The minimum absolute atomic E-state index is 0.00730. The van der Waals surface area contributed by atoms with E-state index < -0.39 is 11.9 Å². The van der Waals surface area contributed by atoms with Crippen LogP contribution < -0.4 is 15.1 Å². The van der Waals surface area contributed by atoms with Gasteiger partial charge in [0.1, 0.15) is 17.4 Å². The number of thiazole rings is 1. The number of methoxy groups -OCH3 is 1. The quantitative estimate of drug-likeness (QED) is 0.284. The van der Waals surface area contributed by atoms with E-state index in [-0.39, 0.29) is 16.8 Å². The fourth-order valence-electron chi connectivity index (χ4n) is 4.79. The van der Waals surface area contributed by atoms with Crippen LogP contribution in [0, 0.1) is 13.8 Å². The molecule has 0 bridgehead atoms. The van der Waals surface area contributed by atoms with E-state index in [1.807, 2.05) is 32.0 Å². The van der Waals surface area contributed by atoms with E-state index in [0.717, 1.165) is 21.3 Å². The first-order chi connectivity index (χ1) is 16.9. The number of benzene rings is 3. The van der Waals surface area contributed by atoms with Crippen LogP contribution in [0.15, 0.2) is 63.8 Å². The van der Waals surface area contributed by atoms with E-state index in [4.69, 9.17) is 25.7 Å². The normalized spacial score (nSPS) is 15.3. The van der Waals surface area contributed by atoms with Crippen molar-refractivity contribution in [3.8, 4) is 5.75 Å². The number of hydrogen-bond acceptors (Lipinski definition) is 6. The van der Waals surface area contributed by atoms with Gasteiger partial charge in [-0.2, -0.15) is 0 Å². The maximum absolute atomic E-state index is 13.9. The number of rotatable bonds is 3. The van der Waals surface area contributed by atoms with Gasteiger partial charge in [0.25, 0.3) is 5.91 Å². The number of fused-ring (bicyclic) bond motifs is 3. The Hall–Kier alpha value is -3.68. The van der Waals surface area contributed by atoms with Gasteiger partial charge >= 0.3 is 0 Å². The lowest BCUT2D eigenvalue weighted by atomic mass is 9.98. The molecule has 0 radical (unpaired) electrons. The minimum Gasteiger partial charge on any atom is -0.496 e. The number of para-hydroxylation sites is 1. The molecule has 1 aliphatic rings. The van der Waals surface area contributed by atoms with Gasteiger partial charge < -0.3 is 9.15 Å². The second-order valence-corrected chi connectivity index (χ2v) is 10.0. The molecule has 1 amide bonds. The number of carbonyl (C=O) groups is 1. The van der Waals surface area contributed by atoms with Gasteiger partial charge in [0.2, 0.25) is 5.76 Å². The molecule has 1 aliphatic heterocycles. The van der Waals surface area contributed by atoms with E-state index >= 15 is 0 Å². The second kappa shape index (κ2) is 7.93. The maximum atomic E-state index is 13.9. The molecule has 1 atom stereocenters. The Kier molecular flexibility index (Phi) is 4.95. The van der Waals surface area contributed by atoms with Crippen LogP contribution in [0.25, 0.3) is 21.2 Å². The highest BCUT2D eigenvalue weighted by Crippen LogP contribution is 2.46. The van der Waals surface area contributed by atoms with E-state index in [2.05, 4.69) is 12.1 Å². The summed E-state index contributed by atoms with van der Waals surface area (Å²) >= 11 is 7.59. The van der Waals surface area contributed by atoms with Crippen molar-refractivity contribution in [1.82, 2.24) is 4.98 Å². The number of ether oxygens (including phenoxy) is 1. The third-order valence-corrected chi connectivity index (χ3v) is 7.53. The summed E-state index contributed by atoms with van der Waals surface area (Å²) in [6.45, 7) is 4.03. The summed E-state index contributed by atoms with van der Waals surface area (Å²) in [5.41, 5.74) is 3.89. The highest BCUT2D eigenvalue weighted by molar-refractivity contribution is 7.22. The van der Waals surface area contributed by atoms with E-state index in [0.29, 0.717) is 32.4 Å². The molecule has 5 aromatic rings. The van der Waals surface area contributed by atoms with Crippen molar-refractivity contribution >= 4 is 55.2 Å². The van der Waals surface area contributed by atoms with Crippen molar-refractivity contribution in [1.29, 1.82) is 0 Å². The van der Waals surface area contributed by atoms with Crippen LogP contribution in [0.5, 0.6) is 5.75 Å². The number of anilines is 1. The van der Waals surface area contributed by atoms with E-state index in [1.165, 1.54) is 11.3 Å². The number of carbonyl (C=O) groups excluding carboxylic acids is 1. The molecule has 0 saturated heterocycles. The van der Waals surface area contributed by atoms with Crippen LogP contribution in [0.4, 0.5) is 5.13 Å². The van der Waals surface area contributed by atoms with Gasteiger partial charge in [-0.05, 0) is 55.3 Å². The summed E-state index contributed by atoms with van der Waals surface area (Å²) in [5.74, 6) is 0.146. The first-order valence-corrected chi connectivity index (χ1v) is 12.2. The molecular weight excluding hydrogens is 484 g/mol. The zero-order valence-electron chi connectivity index (χ0n) is 19.1. The highest BCUT2D eigenvalue weighted by Gasteiger charge is 2.46. The summed E-state index contributed by atoms with van der Waals surface area (Å²) in [6, 6.07) is 15.5. The van der Waals surface area contributed by atoms with Crippen molar-refractivity contribution in [3.05, 3.63) is 97.9 Å². The van der Waals surface area contributed by atoms with Gasteiger partial charge in [-0.1, -0.05) is 47.2 Å². The molecule has 0 saturated carbocycles. The van der Waals surface area contributed by atoms with Gasteiger partial charge in [-0.25, -0.2) is 4.98 Å². The van der Waals surface area contributed by atoms with Crippen molar-refractivity contribution in [2.75, 3.05) is 12.0 Å². The molecule has 3 heterocycles. The number of hydrogen-bond donors (Lipinski definition) is 0. The molecule has 3 aromatic carbocycles. The molecule has 0 aliphatic carbocycles. The second-order valence-electron chi connectivity index (χ2n) is 8.56. The predicted molar refractivity (Wildman–Crippen MR) is 138 cm³/mol. The van der Waals surface area contributed by atoms with Crippen molar-refractivity contribution in [2.45, 2.75) is 19.9 Å². The van der Waals surface area contributed by atoms with Crippen LogP contribution >= 0.6 is 22.9 Å². The lowest BCUT2D eigenvalue weighted by Crippen LogP contribution is -2.29. The van der Waals surface area contributed by atoms with Crippen molar-refractivity contribution in [2.24, 2.45) is 0 Å². The smallest absolute Gasteiger partial charge is 0.297 e. The summed E-state index contributed by atoms with van der Waals surface area (Å²) in [5, 5.41) is 1.22. The molecule has 0 spiro atoms. The first kappa shape index (κ1) is 21.8. The average molecular weight is 503 g/mol. The largest absolute Gasteiger partial charge is 0.496 e. The molecule has 174 valence electrons. The zero-order valence-corrected chi connectivity index (χ0v) is 20.7. The molecular formula is C27H19ClN2O4S. The van der Waals surface area contributed by atoms with E-state index in [9.17, 15) is 9.59 Å². The molecule has 0 unspecified atom stereocenters. The summed E-state index contributed by atoms with van der Waals surface area (Å²) in [6.07, 6.45) is 0. The summed E-state index contributed by atoms with van der Waals surface area (Å²) in [7, 11) is 1.56. The maximum Gasteiger partial charge on any atom is 0.297 e. The summed E-state index contributed by atoms with van der Waals surface area (Å²) in [4.78, 5) is 34.0.